The molecule has 0 aliphatic heterocycles. The van der Waals surface area contributed by atoms with Crippen LogP contribution in [0.25, 0.3) is 0 Å². The van der Waals surface area contributed by atoms with Gasteiger partial charge in [-0.15, -0.1) is 0 Å². The minimum absolute atomic E-state index is 0.0125. The average molecular weight is 357 g/mol. The van der Waals surface area contributed by atoms with Crippen LogP contribution in [-0.4, -0.2) is 22.8 Å². The second kappa shape index (κ2) is 6.04. The lowest BCUT2D eigenvalue weighted by Gasteiger charge is -2.16. The maximum atomic E-state index is 13.6. The van der Waals surface area contributed by atoms with E-state index < -0.39 is 22.5 Å². The van der Waals surface area contributed by atoms with Crippen molar-refractivity contribution in [1.29, 1.82) is 0 Å². The molecule has 110 valence electrons. The van der Waals surface area contributed by atoms with Gasteiger partial charge in [0.2, 0.25) is 0 Å². The van der Waals surface area contributed by atoms with Crippen LogP contribution in [-0.2, 0) is 6.54 Å². The predicted octanol–water partition coefficient (Wildman–Crippen LogP) is 3.36. The van der Waals surface area contributed by atoms with E-state index in [-0.39, 0.29) is 12.3 Å². The maximum Gasteiger partial charge on any atom is 0.433 e. The number of nitro groups is 1. The topological polar surface area (TPSA) is 76.6 Å². The van der Waals surface area contributed by atoms with Gasteiger partial charge < -0.3 is 9.32 Å². The molecule has 0 saturated heterocycles. The molecule has 0 bridgehead atoms. The van der Waals surface area contributed by atoms with Crippen LogP contribution < -0.4 is 0 Å². The number of amides is 1. The zero-order chi connectivity index (χ0) is 15.6. The molecule has 2 rings (SSSR count). The van der Waals surface area contributed by atoms with Gasteiger partial charge in [-0.25, -0.2) is 4.39 Å². The molecule has 0 unspecified atom stereocenters. The van der Waals surface area contributed by atoms with Crippen LogP contribution in [0.15, 0.2) is 39.2 Å². The fourth-order valence-corrected chi connectivity index (χ4v) is 2.13. The molecule has 1 amide bonds. The van der Waals surface area contributed by atoms with Crippen molar-refractivity contribution in [3.05, 3.63) is 62.1 Å². The molecule has 0 atom stereocenters. The first-order valence-electron chi connectivity index (χ1n) is 5.82. The predicted molar refractivity (Wildman–Crippen MR) is 75.3 cm³/mol. The van der Waals surface area contributed by atoms with E-state index in [4.69, 9.17) is 4.42 Å². The van der Waals surface area contributed by atoms with Crippen LogP contribution in [0, 0.1) is 15.9 Å². The Bertz CT molecular complexity index is 701. The van der Waals surface area contributed by atoms with Gasteiger partial charge >= 0.3 is 5.88 Å². The Balaban J connectivity index is 2.15. The van der Waals surface area contributed by atoms with E-state index in [1.54, 1.807) is 12.1 Å². The molecule has 0 N–H and O–H groups in total. The normalized spacial score (nSPS) is 10.4. The lowest BCUT2D eigenvalue weighted by molar-refractivity contribution is -0.402. The minimum Gasteiger partial charge on any atom is -0.395 e. The van der Waals surface area contributed by atoms with E-state index in [0.717, 1.165) is 6.07 Å². The maximum absolute atomic E-state index is 13.6. The summed E-state index contributed by atoms with van der Waals surface area (Å²) in [6.45, 7) is 0.0125. The molecule has 0 aliphatic carbocycles. The van der Waals surface area contributed by atoms with Crippen molar-refractivity contribution in [3.8, 4) is 0 Å². The number of hydrogen-bond acceptors (Lipinski definition) is 4. The van der Waals surface area contributed by atoms with E-state index in [1.165, 1.54) is 24.1 Å². The lowest BCUT2D eigenvalue weighted by Crippen LogP contribution is -2.26. The van der Waals surface area contributed by atoms with Crippen molar-refractivity contribution in [2.75, 3.05) is 7.05 Å². The Labute approximate surface area is 127 Å². The summed E-state index contributed by atoms with van der Waals surface area (Å²) in [7, 11) is 1.46. The van der Waals surface area contributed by atoms with E-state index in [9.17, 15) is 19.3 Å². The molecule has 2 aromatic rings. The second-order valence-electron chi connectivity index (χ2n) is 4.29. The fourth-order valence-electron chi connectivity index (χ4n) is 1.72. The fraction of sp³-hybridized carbons (Fsp3) is 0.154. The van der Waals surface area contributed by atoms with Gasteiger partial charge in [0, 0.05) is 23.6 Å². The number of carbonyl (C=O) groups excluding carboxylic acids is 1. The highest BCUT2D eigenvalue weighted by molar-refractivity contribution is 9.10. The van der Waals surface area contributed by atoms with Crippen LogP contribution >= 0.6 is 15.9 Å². The van der Waals surface area contributed by atoms with Gasteiger partial charge in [-0.3, -0.25) is 14.9 Å². The molecular weight excluding hydrogens is 347 g/mol. The molecule has 1 aromatic carbocycles. The number of benzene rings is 1. The second-order valence-corrected chi connectivity index (χ2v) is 5.21. The Kier molecular flexibility index (Phi) is 4.37. The van der Waals surface area contributed by atoms with Crippen molar-refractivity contribution in [2.24, 2.45) is 0 Å². The van der Waals surface area contributed by atoms with Gasteiger partial charge in [-0.2, -0.15) is 0 Å². The Hall–Kier alpha value is -2.22. The smallest absolute Gasteiger partial charge is 0.395 e. The van der Waals surface area contributed by atoms with Gasteiger partial charge in [0.05, 0.1) is 6.07 Å². The van der Waals surface area contributed by atoms with Crippen molar-refractivity contribution in [2.45, 2.75) is 6.54 Å². The van der Waals surface area contributed by atoms with Gasteiger partial charge in [0.15, 0.2) is 5.76 Å². The summed E-state index contributed by atoms with van der Waals surface area (Å²) in [4.78, 5) is 23.1. The first-order chi connectivity index (χ1) is 9.88. The van der Waals surface area contributed by atoms with Crippen LogP contribution in [0.1, 0.15) is 16.1 Å². The number of hydrogen-bond donors (Lipinski definition) is 0. The lowest BCUT2D eigenvalue weighted by atomic mass is 10.2. The molecule has 1 heterocycles. The highest BCUT2D eigenvalue weighted by Gasteiger charge is 2.21. The number of furan rings is 1. The highest BCUT2D eigenvalue weighted by Crippen LogP contribution is 2.20. The number of carbonyl (C=O) groups is 1. The zero-order valence-electron chi connectivity index (χ0n) is 10.9. The van der Waals surface area contributed by atoms with Gasteiger partial charge in [-0.1, -0.05) is 15.9 Å². The van der Waals surface area contributed by atoms with Crippen molar-refractivity contribution < 1.29 is 18.5 Å². The standard InChI is InChI=1S/C13H10BrFN2O4/c1-16(7-8-6-9(14)2-3-10(8)15)13(18)11-4-5-12(21-11)17(19)20/h2-6H,7H2,1H3. The molecule has 0 saturated carbocycles. The molecule has 0 radical (unpaired) electrons. The first-order valence-corrected chi connectivity index (χ1v) is 6.61. The van der Waals surface area contributed by atoms with Crippen LogP contribution in [0.2, 0.25) is 0 Å². The first kappa shape index (κ1) is 15.2. The SMILES string of the molecule is CN(Cc1cc(Br)ccc1F)C(=O)c1ccc([N+](=O)[O-])o1. The minimum atomic E-state index is -0.731. The van der Waals surface area contributed by atoms with Crippen molar-refractivity contribution >= 4 is 27.7 Å². The third kappa shape index (κ3) is 3.46. The highest BCUT2D eigenvalue weighted by atomic mass is 79.9. The Morgan fingerprint density at radius 3 is 2.76 bits per heavy atom. The molecule has 8 heteroatoms. The number of nitrogens with zero attached hydrogens (tertiary/aromatic N) is 2. The van der Waals surface area contributed by atoms with Crippen LogP contribution in [0.3, 0.4) is 0 Å². The Morgan fingerprint density at radius 2 is 2.14 bits per heavy atom. The zero-order valence-corrected chi connectivity index (χ0v) is 12.5. The summed E-state index contributed by atoms with van der Waals surface area (Å²) in [6.07, 6.45) is 0. The molecule has 0 spiro atoms. The summed E-state index contributed by atoms with van der Waals surface area (Å²) in [5.74, 6) is -1.69. The van der Waals surface area contributed by atoms with Gasteiger partial charge in [0.1, 0.15) is 10.7 Å². The van der Waals surface area contributed by atoms with Crippen molar-refractivity contribution in [1.82, 2.24) is 4.90 Å². The molecule has 21 heavy (non-hydrogen) atoms. The summed E-state index contributed by atoms with van der Waals surface area (Å²) in [5.41, 5.74) is 0.321. The largest absolute Gasteiger partial charge is 0.433 e. The van der Waals surface area contributed by atoms with E-state index in [1.807, 2.05) is 0 Å². The summed E-state index contributed by atoms with van der Waals surface area (Å²) < 4.78 is 19.1. The molecule has 0 fully saturated rings. The summed E-state index contributed by atoms with van der Waals surface area (Å²) >= 11 is 3.22. The quantitative estimate of drug-likeness (QED) is 0.621. The number of halogens is 2. The summed E-state index contributed by atoms with van der Waals surface area (Å²) in [5, 5.41) is 10.5. The monoisotopic (exact) mass is 356 g/mol. The van der Waals surface area contributed by atoms with Crippen LogP contribution in [0.5, 0.6) is 0 Å². The van der Waals surface area contributed by atoms with Gasteiger partial charge in [0.25, 0.3) is 5.91 Å². The third-order valence-electron chi connectivity index (χ3n) is 2.74. The molecule has 1 aromatic heterocycles. The van der Waals surface area contributed by atoms with E-state index >= 15 is 0 Å². The van der Waals surface area contributed by atoms with E-state index in [0.29, 0.717) is 10.0 Å². The number of rotatable bonds is 4. The summed E-state index contributed by atoms with van der Waals surface area (Å²) in [6, 6.07) is 6.71. The molecule has 6 nitrogen and oxygen atoms in total. The van der Waals surface area contributed by atoms with Crippen LogP contribution in [0.4, 0.5) is 10.3 Å². The third-order valence-corrected chi connectivity index (χ3v) is 3.24. The van der Waals surface area contributed by atoms with E-state index in [2.05, 4.69) is 15.9 Å². The van der Waals surface area contributed by atoms with Crippen molar-refractivity contribution in [3.63, 3.8) is 0 Å². The molecular formula is C13H10BrFN2O4. The average Bonchev–Trinajstić information content (AvgIpc) is 2.91. The Morgan fingerprint density at radius 1 is 1.43 bits per heavy atom. The van der Waals surface area contributed by atoms with Gasteiger partial charge in [-0.05, 0) is 24.3 Å². The molecule has 0 aliphatic rings.